The predicted molar refractivity (Wildman–Crippen MR) is 44.7 cm³/mol. The lowest BCUT2D eigenvalue weighted by Gasteiger charge is -2.22. The van der Waals surface area contributed by atoms with E-state index >= 15 is 0 Å². The number of carboxylic acids is 1. The Balaban J connectivity index is 2.86. The van der Waals surface area contributed by atoms with Crippen LogP contribution in [-0.4, -0.2) is 53.1 Å². The van der Waals surface area contributed by atoms with Gasteiger partial charge in [-0.2, -0.15) is 13.2 Å². The molecule has 0 aromatic rings. The van der Waals surface area contributed by atoms with Crippen molar-refractivity contribution in [1.82, 2.24) is 4.90 Å². The average molecular weight is 295 g/mol. The fraction of sp³-hybridized carbons (Fsp3) is 0.750. The number of carbonyl (C=O) groups is 2. The Kier molecular flexibility index (Phi) is 3.98. The molecular weight excluding hydrogens is 288 g/mol. The van der Waals surface area contributed by atoms with Gasteiger partial charge in [0.25, 0.3) is 0 Å². The number of halogens is 6. The first-order valence-corrected chi connectivity index (χ1v) is 4.77. The Morgan fingerprint density at radius 2 is 1.68 bits per heavy atom. The van der Waals surface area contributed by atoms with Crippen LogP contribution in [0.4, 0.5) is 26.3 Å². The quantitative estimate of drug-likeness (QED) is 0.776. The largest absolute Gasteiger partial charge is 0.522 e. The van der Waals surface area contributed by atoms with Crippen LogP contribution < -0.4 is 0 Å². The molecular formula is C8H7F6NO4. The monoisotopic (exact) mass is 295 g/mol. The summed E-state index contributed by atoms with van der Waals surface area (Å²) < 4.78 is 75.6. The van der Waals surface area contributed by atoms with E-state index in [0.717, 1.165) is 0 Å². The van der Waals surface area contributed by atoms with Crippen molar-refractivity contribution in [3.63, 3.8) is 0 Å². The number of likely N-dealkylation sites (tertiary alicyclic amines) is 1. The lowest BCUT2D eigenvalue weighted by Crippen LogP contribution is -2.47. The second kappa shape index (κ2) is 4.87. The minimum Gasteiger partial charge on any atom is -0.480 e. The van der Waals surface area contributed by atoms with Crippen molar-refractivity contribution in [2.75, 3.05) is 6.54 Å². The molecule has 110 valence electrons. The molecule has 1 aliphatic heterocycles. The van der Waals surface area contributed by atoms with Crippen LogP contribution in [0.15, 0.2) is 0 Å². The van der Waals surface area contributed by atoms with Gasteiger partial charge < -0.3 is 10.0 Å². The fourth-order valence-electron chi connectivity index (χ4n) is 1.69. The zero-order valence-corrected chi connectivity index (χ0v) is 8.96. The predicted octanol–water partition coefficient (Wildman–Crippen LogP) is 1.14. The van der Waals surface area contributed by atoms with Gasteiger partial charge in [0.05, 0.1) is 6.10 Å². The van der Waals surface area contributed by atoms with E-state index in [1.54, 1.807) is 0 Å². The van der Waals surface area contributed by atoms with Crippen LogP contribution in [0, 0.1) is 0 Å². The molecule has 0 unspecified atom stereocenters. The number of carboxylic acid groups (broad SMARTS) is 1. The molecule has 0 aromatic carbocycles. The first-order valence-electron chi connectivity index (χ1n) is 4.77. The molecule has 0 spiro atoms. The van der Waals surface area contributed by atoms with Crippen molar-refractivity contribution in [2.45, 2.75) is 31.1 Å². The van der Waals surface area contributed by atoms with Gasteiger partial charge in [0.15, 0.2) is 0 Å². The van der Waals surface area contributed by atoms with E-state index < -0.39 is 49.5 Å². The molecule has 1 N–H and O–H groups in total. The molecule has 0 bridgehead atoms. The molecule has 1 heterocycles. The van der Waals surface area contributed by atoms with Gasteiger partial charge in [-0.25, -0.2) is 4.79 Å². The zero-order chi connectivity index (χ0) is 15.0. The highest BCUT2D eigenvalue weighted by Crippen LogP contribution is 2.30. The standard InChI is InChI=1S/C8H7F6NO4/c9-7(10,11)6(18)15-2-3(19-8(12,13)14)1-4(15)5(16)17/h3-4H,1-2H2,(H,16,17)/t3-,4+/m1/s1. The average Bonchev–Trinajstić information content (AvgIpc) is 2.56. The van der Waals surface area contributed by atoms with Gasteiger partial charge in [0.2, 0.25) is 0 Å². The maximum atomic E-state index is 12.2. The summed E-state index contributed by atoms with van der Waals surface area (Å²) in [6.45, 7) is -1.09. The van der Waals surface area contributed by atoms with Gasteiger partial charge in [-0.05, 0) is 0 Å². The molecule has 0 aliphatic carbocycles. The van der Waals surface area contributed by atoms with Gasteiger partial charge in [-0.1, -0.05) is 0 Å². The van der Waals surface area contributed by atoms with Crippen molar-refractivity contribution in [1.29, 1.82) is 0 Å². The SMILES string of the molecule is O=C(O)[C@@H]1C[C@@H](OC(F)(F)F)CN1C(=O)C(F)(F)F. The van der Waals surface area contributed by atoms with Crippen molar-refractivity contribution < 1.29 is 45.8 Å². The van der Waals surface area contributed by atoms with Gasteiger partial charge in [0, 0.05) is 13.0 Å². The first-order chi connectivity index (χ1) is 8.42. The molecule has 1 rings (SSSR count). The second-order valence-corrected chi connectivity index (χ2v) is 3.73. The molecule has 1 aliphatic rings. The number of hydrogen-bond donors (Lipinski definition) is 1. The molecule has 1 fully saturated rings. The Morgan fingerprint density at radius 1 is 1.16 bits per heavy atom. The van der Waals surface area contributed by atoms with Crippen LogP contribution >= 0.6 is 0 Å². The Morgan fingerprint density at radius 3 is 2.05 bits per heavy atom. The number of alkyl halides is 6. The highest BCUT2D eigenvalue weighted by atomic mass is 19.4. The first kappa shape index (κ1) is 15.5. The summed E-state index contributed by atoms with van der Waals surface area (Å²) in [4.78, 5) is 21.4. The molecule has 0 saturated carbocycles. The second-order valence-electron chi connectivity index (χ2n) is 3.73. The summed E-state index contributed by atoms with van der Waals surface area (Å²) in [6, 6.07) is -2.00. The molecule has 11 heteroatoms. The Hall–Kier alpha value is -1.52. The van der Waals surface area contributed by atoms with Crippen LogP contribution in [-0.2, 0) is 14.3 Å². The molecule has 1 amide bonds. The topological polar surface area (TPSA) is 66.8 Å². The fourth-order valence-corrected chi connectivity index (χ4v) is 1.69. The van der Waals surface area contributed by atoms with E-state index in [1.807, 2.05) is 0 Å². The number of nitrogens with zero attached hydrogens (tertiary/aromatic N) is 1. The summed E-state index contributed by atoms with van der Waals surface area (Å²) in [5, 5.41) is 8.62. The summed E-state index contributed by atoms with van der Waals surface area (Å²) in [6.07, 6.45) is -13.2. The summed E-state index contributed by atoms with van der Waals surface area (Å²) >= 11 is 0. The van der Waals surface area contributed by atoms with Crippen molar-refractivity contribution in [2.24, 2.45) is 0 Å². The molecule has 2 atom stereocenters. The Labute approximate surface area is 101 Å². The number of carbonyl (C=O) groups excluding carboxylic acids is 1. The van der Waals surface area contributed by atoms with Crippen molar-refractivity contribution in [3.8, 4) is 0 Å². The molecule has 0 aromatic heterocycles. The molecule has 0 radical (unpaired) electrons. The summed E-state index contributed by atoms with van der Waals surface area (Å²) in [7, 11) is 0. The number of ether oxygens (including phenoxy) is 1. The number of rotatable bonds is 2. The minimum atomic E-state index is -5.36. The smallest absolute Gasteiger partial charge is 0.480 e. The van der Waals surface area contributed by atoms with Gasteiger partial charge in [-0.3, -0.25) is 9.53 Å². The van der Waals surface area contributed by atoms with Gasteiger partial charge >= 0.3 is 24.4 Å². The van der Waals surface area contributed by atoms with Gasteiger partial charge in [-0.15, -0.1) is 13.2 Å². The maximum absolute atomic E-state index is 12.2. The van der Waals surface area contributed by atoms with E-state index in [2.05, 4.69) is 4.74 Å². The highest BCUT2D eigenvalue weighted by Gasteiger charge is 2.51. The molecule has 19 heavy (non-hydrogen) atoms. The number of aliphatic carboxylic acids is 1. The van der Waals surface area contributed by atoms with Crippen LogP contribution in [0.5, 0.6) is 0 Å². The van der Waals surface area contributed by atoms with Gasteiger partial charge in [0.1, 0.15) is 6.04 Å². The van der Waals surface area contributed by atoms with Crippen molar-refractivity contribution >= 4 is 11.9 Å². The highest BCUT2D eigenvalue weighted by molar-refractivity contribution is 5.87. The molecule has 5 nitrogen and oxygen atoms in total. The number of hydrogen-bond acceptors (Lipinski definition) is 3. The van der Waals surface area contributed by atoms with E-state index in [0.29, 0.717) is 0 Å². The van der Waals surface area contributed by atoms with Crippen LogP contribution in [0.2, 0.25) is 0 Å². The zero-order valence-electron chi connectivity index (χ0n) is 8.96. The van der Waals surface area contributed by atoms with E-state index in [9.17, 15) is 35.9 Å². The third-order valence-corrected chi connectivity index (χ3v) is 2.35. The normalized spacial score (nSPS) is 24.6. The maximum Gasteiger partial charge on any atom is 0.522 e. The van der Waals surface area contributed by atoms with E-state index in [4.69, 9.17) is 5.11 Å². The third kappa shape index (κ3) is 3.98. The lowest BCUT2D eigenvalue weighted by atomic mass is 10.2. The van der Waals surface area contributed by atoms with Crippen LogP contribution in [0.25, 0.3) is 0 Å². The third-order valence-electron chi connectivity index (χ3n) is 2.35. The van der Waals surface area contributed by atoms with Crippen LogP contribution in [0.3, 0.4) is 0 Å². The van der Waals surface area contributed by atoms with E-state index in [1.165, 1.54) is 0 Å². The van der Waals surface area contributed by atoms with Crippen molar-refractivity contribution in [3.05, 3.63) is 0 Å². The Bertz CT molecular complexity index is 378. The summed E-state index contributed by atoms with van der Waals surface area (Å²) in [5.41, 5.74) is 0. The van der Waals surface area contributed by atoms with Crippen LogP contribution in [0.1, 0.15) is 6.42 Å². The van der Waals surface area contributed by atoms with E-state index in [-0.39, 0.29) is 4.90 Å². The lowest BCUT2D eigenvalue weighted by molar-refractivity contribution is -0.340. The molecule has 1 saturated heterocycles. The minimum absolute atomic E-state index is 0.182. The number of amides is 1. The summed E-state index contributed by atoms with van der Waals surface area (Å²) in [5.74, 6) is -4.33.